The van der Waals surface area contributed by atoms with Crippen LogP contribution in [0.15, 0.2) is 0 Å². The molecule has 6 heteroatoms. The van der Waals surface area contributed by atoms with Crippen molar-refractivity contribution in [3.63, 3.8) is 0 Å². The molecule has 1 heterocycles. The first-order valence-corrected chi connectivity index (χ1v) is 5.35. The van der Waals surface area contributed by atoms with Gasteiger partial charge in [-0.15, -0.1) is 0 Å². The zero-order valence-corrected chi connectivity index (χ0v) is 9.26. The van der Waals surface area contributed by atoms with E-state index >= 15 is 0 Å². The van der Waals surface area contributed by atoms with Gasteiger partial charge in [-0.05, 0) is 19.8 Å². The van der Waals surface area contributed by atoms with Crippen LogP contribution in [0.25, 0.3) is 0 Å². The van der Waals surface area contributed by atoms with E-state index in [4.69, 9.17) is 5.11 Å². The molecule has 0 bridgehead atoms. The van der Waals surface area contributed by atoms with Crippen LogP contribution in [-0.4, -0.2) is 28.8 Å². The minimum absolute atomic E-state index is 0.101. The molecule has 1 spiro atoms. The smallest absolute Gasteiger partial charge is 0.321 e. The molecule has 0 amide bonds. The van der Waals surface area contributed by atoms with Gasteiger partial charge < -0.3 is 9.84 Å². The highest BCUT2D eigenvalue weighted by Crippen LogP contribution is 2.52. The van der Waals surface area contributed by atoms with Crippen LogP contribution in [0.2, 0.25) is 0 Å². The number of esters is 2. The Morgan fingerprint density at radius 2 is 2.06 bits per heavy atom. The minimum atomic E-state index is -1.32. The van der Waals surface area contributed by atoms with E-state index < -0.39 is 35.2 Å². The van der Waals surface area contributed by atoms with Gasteiger partial charge in [-0.3, -0.25) is 19.2 Å². The minimum Gasteiger partial charge on any atom is -0.481 e. The van der Waals surface area contributed by atoms with Gasteiger partial charge in [-0.25, -0.2) is 0 Å². The number of aliphatic carboxylic acids is 1. The van der Waals surface area contributed by atoms with Gasteiger partial charge in [0, 0.05) is 5.92 Å². The van der Waals surface area contributed by atoms with Gasteiger partial charge in [0.05, 0.1) is 17.8 Å². The number of cyclic esters (lactones) is 2. The molecule has 92 valence electrons. The second kappa shape index (κ2) is 3.65. The number of carbonyl (C=O) groups is 4. The summed E-state index contributed by atoms with van der Waals surface area (Å²) < 4.78 is 4.45. The SMILES string of the molecule is CC(=O)C1CC(C(=O)O)C2(CC(=O)OC2=O)C1. The third kappa shape index (κ3) is 1.64. The summed E-state index contributed by atoms with van der Waals surface area (Å²) in [5, 5.41) is 9.11. The summed E-state index contributed by atoms with van der Waals surface area (Å²) in [4.78, 5) is 45.3. The van der Waals surface area contributed by atoms with E-state index in [1.807, 2.05) is 0 Å². The molecule has 0 aromatic heterocycles. The first kappa shape index (κ1) is 11.8. The van der Waals surface area contributed by atoms with Crippen molar-refractivity contribution in [3.8, 4) is 0 Å². The maximum absolute atomic E-state index is 11.7. The summed E-state index contributed by atoms with van der Waals surface area (Å²) in [5.74, 6) is -4.28. The highest BCUT2D eigenvalue weighted by atomic mass is 16.6. The lowest BCUT2D eigenvalue weighted by Gasteiger charge is -2.21. The van der Waals surface area contributed by atoms with Crippen LogP contribution in [0.3, 0.4) is 0 Å². The molecule has 1 saturated heterocycles. The lowest BCUT2D eigenvalue weighted by atomic mass is 9.76. The molecule has 1 aliphatic carbocycles. The molecule has 0 radical (unpaired) electrons. The first-order chi connectivity index (χ1) is 7.86. The number of ketones is 1. The highest BCUT2D eigenvalue weighted by Gasteiger charge is 2.62. The fourth-order valence-corrected chi connectivity index (χ4v) is 2.81. The Bertz CT molecular complexity index is 426. The fraction of sp³-hybridized carbons (Fsp3) is 0.636. The van der Waals surface area contributed by atoms with Gasteiger partial charge in [0.15, 0.2) is 0 Å². The van der Waals surface area contributed by atoms with Gasteiger partial charge in [0.2, 0.25) is 0 Å². The van der Waals surface area contributed by atoms with E-state index in [1.165, 1.54) is 6.92 Å². The van der Waals surface area contributed by atoms with Gasteiger partial charge in [0.1, 0.15) is 5.78 Å². The quantitative estimate of drug-likeness (QED) is 0.544. The number of carbonyl (C=O) groups excluding carboxylic acids is 3. The second-order valence-corrected chi connectivity index (χ2v) is 4.73. The Hall–Kier alpha value is -1.72. The van der Waals surface area contributed by atoms with Crippen molar-refractivity contribution in [3.05, 3.63) is 0 Å². The predicted octanol–water partition coefficient (Wildman–Crippen LogP) is 0.146. The van der Waals surface area contributed by atoms with E-state index in [1.54, 1.807) is 0 Å². The van der Waals surface area contributed by atoms with Crippen LogP contribution >= 0.6 is 0 Å². The molecular weight excluding hydrogens is 228 g/mol. The Morgan fingerprint density at radius 1 is 1.41 bits per heavy atom. The van der Waals surface area contributed by atoms with Gasteiger partial charge >= 0.3 is 17.9 Å². The molecular formula is C11H12O6. The van der Waals surface area contributed by atoms with Crippen molar-refractivity contribution >= 4 is 23.7 Å². The Morgan fingerprint density at radius 3 is 2.47 bits per heavy atom. The molecule has 1 N–H and O–H groups in total. The average Bonchev–Trinajstić information content (AvgIpc) is 2.70. The van der Waals surface area contributed by atoms with E-state index in [9.17, 15) is 19.2 Å². The second-order valence-electron chi connectivity index (χ2n) is 4.73. The summed E-state index contributed by atoms with van der Waals surface area (Å²) >= 11 is 0. The van der Waals surface area contributed by atoms with Crippen LogP contribution in [0.5, 0.6) is 0 Å². The zero-order valence-electron chi connectivity index (χ0n) is 9.26. The molecule has 2 rings (SSSR count). The highest BCUT2D eigenvalue weighted by molar-refractivity contribution is 6.01. The number of rotatable bonds is 2. The molecule has 2 fully saturated rings. The number of carboxylic acids is 1. The van der Waals surface area contributed by atoms with Crippen molar-refractivity contribution < 1.29 is 29.0 Å². The van der Waals surface area contributed by atoms with Crippen LogP contribution in [0, 0.1) is 17.3 Å². The normalized spacial score (nSPS) is 36.3. The zero-order chi connectivity index (χ0) is 12.8. The van der Waals surface area contributed by atoms with E-state index in [0.29, 0.717) is 0 Å². The third-order valence-electron chi connectivity index (χ3n) is 3.74. The Balaban J connectivity index is 2.37. The van der Waals surface area contributed by atoms with Crippen molar-refractivity contribution in [2.45, 2.75) is 26.2 Å². The van der Waals surface area contributed by atoms with E-state index in [0.717, 1.165) is 0 Å². The summed E-state index contributed by atoms with van der Waals surface area (Å²) in [6, 6.07) is 0. The standard InChI is InChI=1S/C11H12O6/c1-5(12)6-2-7(9(14)15)11(3-6)4-8(13)17-10(11)16/h6-7H,2-4H2,1H3,(H,14,15). The average molecular weight is 240 g/mol. The molecule has 6 nitrogen and oxygen atoms in total. The van der Waals surface area contributed by atoms with Gasteiger partial charge in [-0.2, -0.15) is 0 Å². The molecule has 0 aromatic carbocycles. The number of hydrogen-bond donors (Lipinski definition) is 1. The molecule has 3 unspecified atom stereocenters. The summed E-state index contributed by atoms with van der Waals surface area (Å²) in [6.07, 6.45) is -0.0243. The maximum Gasteiger partial charge on any atom is 0.321 e. The molecule has 17 heavy (non-hydrogen) atoms. The van der Waals surface area contributed by atoms with Crippen LogP contribution in [0.1, 0.15) is 26.2 Å². The van der Waals surface area contributed by atoms with Crippen LogP contribution < -0.4 is 0 Å². The fourth-order valence-electron chi connectivity index (χ4n) is 2.81. The Kier molecular flexibility index (Phi) is 2.52. The van der Waals surface area contributed by atoms with Crippen molar-refractivity contribution in [2.75, 3.05) is 0 Å². The summed E-state index contributed by atoms with van der Waals surface area (Å²) in [7, 11) is 0. The molecule has 1 saturated carbocycles. The maximum atomic E-state index is 11.7. The monoisotopic (exact) mass is 240 g/mol. The topological polar surface area (TPSA) is 97.7 Å². The largest absolute Gasteiger partial charge is 0.481 e. The number of Topliss-reactive ketones (excluding diaryl/α,β-unsaturated/α-hetero) is 1. The lowest BCUT2D eigenvalue weighted by Crippen LogP contribution is -2.35. The number of ether oxygens (including phenoxy) is 1. The summed E-state index contributed by atoms with van der Waals surface area (Å²) in [5.41, 5.74) is -1.32. The summed E-state index contributed by atoms with van der Waals surface area (Å²) in [6.45, 7) is 1.37. The van der Waals surface area contributed by atoms with E-state index in [-0.39, 0.29) is 25.0 Å². The van der Waals surface area contributed by atoms with Crippen molar-refractivity contribution in [2.24, 2.45) is 17.3 Å². The molecule has 1 aliphatic heterocycles. The van der Waals surface area contributed by atoms with Gasteiger partial charge in [-0.1, -0.05) is 0 Å². The van der Waals surface area contributed by atoms with E-state index in [2.05, 4.69) is 4.74 Å². The van der Waals surface area contributed by atoms with Gasteiger partial charge in [0.25, 0.3) is 0 Å². The lowest BCUT2D eigenvalue weighted by molar-refractivity contribution is -0.160. The molecule has 0 aromatic rings. The Labute approximate surface area is 96.9 Å². The molecule has 2 aliphatic rings. The van der Waals surface area contributed by atoms with Crippen LogP contribution in [0.4, 0.5) is 0 Å². The number of hydrogen-bond acceptors (Lipinski definition) is 5. The van der Waals surface area contributed by atoms with Crippen LogP contribution in [-0.2, 0) is 23.9 Å². The van der Waals surface area contributed by atoms with Crippen molar-refractivity contribution in [1.29, 1.82) is 0 Å². The molecule has 3 atom stereocenters. The predicted molar refractivity (Wildman–Crippen MR) is 52.7 cm³/mol. The number of carboxylic acid groups (broad SMARTS) is 1. The third-order valence-corrected chi connectivity index (χ3v) is 3.74. The van der Waals surface area contributed by atoms with Crippen molar-refractivity contribution in [1.82, 2.24) is 0 Å². The first-order valence-electron chi connectivity index (χ1n) is 5.35.